The zero-order valence-electron chi connectivity index (χ0n) is 9.86. The minimum absolute atomic E-state index is 0.620. The third-order valence-corrected chi connectivity index (χ3v) is 4.66. The maximum Gasteiger partial charge on any atom is 0.152 e. The van der Waals surface area contributed by atoms with Gasteiger partial charge in [-0.05, 0) is 24.6 Å². The van der Waals surface area contributed by atoms with Crippen molar-refractivity contribution in [2.75, 3.05) is 23.7 Å². The van der Waals surface area contributed by atoms with Crippen LogP contribution in [-0.2, 0) is 0 Å². The van der Waals surface area contributed by atoms with Gasteiger partial charge in [0.05, 0.1) is 0 Å². The van der Waals surface area contributed by atoms with Crippen LogP contribution in [0.1, 0.15) is 23.7 Å². The Morgan fingerprint density at radius 1 is 1.59 bits per heavy atom. The zero-order chi connectivity index (χ0) is 12.3. The van der Waals surface area contributed by atoms with E-state index in [0.717, 1.165) is 30.8 Å². The van der Waals surface area contributed by atoms with Crippen LogP contribution >= 0.6 is 23.4 Å². The second kappa shape index (κ2) is 5.78. The van der Waals surface area contributed by atoms with Crippen LogP contribution in [0.2, 0.25) is 5.02 Å². The molecule has 1 unspecified atom stereocenters. The van der Waals surface area contributed by atoms with Crippen molar-refractivity contribution in [3.05, 3.63) is 28.8 Å². The number of rotatable bonds is 3. The highest BCUT2D eigenvalue weighted by Gasteiger charge is 2.20. The molecular formula is C13H16ClNOS. The number of carbonyl (C=O) groups excluding carboxylic acids is 1. The molecule has 1 heterocycles. The molecule has 92 valence electrons. The lowest BCUT2D eigenvalue weighted by atomic mass is 10.1. The molecule has 1 fully saturated rings. The molecule has 0 spiro atoms. The minimum Gasteiger partial charge on any atom is -0.369 e. The summed E-state index contributed by atoms with van der Waals surface area (Å²) in [5.74, 6) is 1.12. The van der Waals surface area contributed by atoms with Crippen LogP contribution in [0.15, 0.2) is 18.2 Å². The molecule has 2 rings (SSSR count). The van der Waals surface area contributed by atoms with Gasteiger partial charge in [0.25, 0.3) is 0 Å². The number of anilines is 1. The number of thioether (sulfide) groups is 1. The van der Waals surface area contributed by atoms with E-state index in [0.29, 0.717) is 15.8 Å². The van der Waals surface area contributed by atoms with E-state index in [1.165, 1.54) is 6.42 Å². The summed E-state index contributed by atoms with van der Waals surface area (Å²) in [6.07, 6.45) is 2.06. The topological polar surface area (TPSA) is 20.3 Å². The number of benzene rings is 1. The predicted molar refractivity (Wildman–Crippen MR) is 75.6 cm³/mol. The van der Waals surface area contributed by atoms with E-state index >= 15 is 0 Å². The number of hydrogen-bond acceptors (Lipinski definition) is 3. The van der Waals surface area contributed by atoms with Gasteiger partial charge in [0, 0.05) is 40.4 Å². The maximum absolute atomic E-state index is 11.1. The summed E-state index contributed by atoms with van der Waals surface area (Å²) in [7, 11) is 0. The lowest BCUT2D eigenvalue weighted by molar-refractivity contribution is 0.112. The quantitative estimate of drug-likeness (QED) is 0.784. The highest BCUT2D eigenvalue weighted by atomic mass is 35.5. The van der Waals surface area contributed by atoms with E-state index in [1.807, 2.05) is 23.9 Å². The third kappa shape index (κ3) is 2.96. The molecule has 1 aromatic carbocycles. The Morgan fingerprint density at radius 3 is 3.12 bits per heavy atom. The molecule has 1 aliphatic heterocycles. The summed E-state index contributed by atoms with van der Waals surface area (Å²) in [4.78, 5) is 13.4. The molecule has 2 nitrogen and oxygen atoms in total. The average Bonchev–Trinajstić information content (AvgIpc) is 2.38. The Labute approximate surface area is 111 Å². The summed E-state index contributed by atoms with van der Waals surface area (Å²) in [6.45, 7) is 4.23. The molecule has 1 saturated heterocycles. The van der Waals surface area contributed by atoms with Gasteiger partial charge in [0.2, 0.25) is 0 Å². The first-order valence-electron chi connectivity index (χ1n) is 5.86. The summed E-state index contributed by atoms with van der Waals surface area (Å²) < 4.78 is 0. The molecule has 17 heavy (non-hydrogen) atoms. The second-order valence-electron chi connectivity index (χ2n) is 4.17. The first-order chi connectivity index (χ1) is 8.24. The molecule has 0 N–H and O–H groups in total. The molecule has 4 heteroatoms. The molecule has 1 atom stereocenters. The fourth-order valence-electron chi connectivity index (χ4n) is 2.09. The van der Waals surface area contributed by atoms with Gasteiger partial charge in [-0.3, -0.25) is 4.79 Å². The summed E-state index contributed by atoms with van der Waals surface area (Å²) in [6, 6.07) is 5.55. The van der Waals surface area contributed by atoms with Crippen LogP contribution in [0, 0.1) is 0 Å². The Kier molecular flexibility index (Phi) is 4.35. The molecule has 0 aromatic heterocycles. The molecule has 0 bridgehead atoms. The van der Waals surface area contributed by atoms with Crippen LogP contribution in [0.4, 0.5) is 5.69 Å². The Hall–Kier alpha value is -0.670. The molecule has 1 aromatic rings. The van der Waals surface area contributed by atoms with Crippen LogP contribution in [0.5, 0.6) is 0 Å². The van der Waals surface area contributed by atoms with Crippen molar-refractivity contribution in [3.8, 4) is 0 Å². The van der Waals surface area contributed by atoms with Gasteiger partial charge < -0.3 is 4.90 Å². The smallest absolute Gasteiger partial charge is 0.152 e. The van der Waals surface area contributed by atoms with Crippen molar-refractivity contribution in [3.63, 3.8) is 0 Å². The predicted octanol–water partition coefficient (Wildman–Crippen LogP) is 3.48. The summed E-state index contributed by atoms with van der Waals surface area (Å²) in [5, 5.41) is 1.29. The van der Waals surface area contributed by atoms with Gasteiger partial charge in [-0.2, -0.15) is 11.8 Å². The SMILES string of the molecule is CCC1CN(c2ccc(Cl)cc2C=O)CCS1. The largest absolute Gasteiger partial charge is 0.369 e. The number of carbonyl (C=O) groups is 1. The Bertz CT molecular complexity index is 410. The van der Waals surface area contributed by atoms with Crippen molar-refractivity contribution < 1.29 is 4.79 Å². The number of hydrogen-bond donors (Lipinski definition) is 0. The van der Waals surface area contributed by atoms with Crippen LogP contribution in [-0.4, -0.2) is 30.4 Å². The standard InChI is InChI=1S/C13H16ClNOS/c1-2-12-8-15(5-6-17-12)13-4-3-11(14)7-10(13)9-16/h3-4,7,9,12H,2,5-6,8H2,1H3. The van der Waals surface area contributed by atoms with Gasteiger partial charge >= 0.3 is 0 Å². The summed E-state index contributed by atoms with van der Waals surface area (Å²) in [5.41, 5.74) is 1.71. The number of halogens is 1. The Balaban J connectivity index is 2.23. The first kappa shape index (κ1) is 12.8. The van der Waals surface area contributed by atoms with Gasteiger partial charge in [-0.1, -0.05) is 18.5 Å². The van der Waals surface area contributed by atoms with E-state index < -0.39 is 0 Å². The van der Waals surface area contributed by atoms with Gasteiger partial charge in [-0.15, -0.1) is 0 Å². The molecule has 0 aliphatic carbocycles. The lowest BCUT2D eigenvalue weighted by Crippen LogP contribution is -2.38. The van der Waals surface area contributed by atoms with E-state index in [1.54, 1.807) is 6.07 Å². The fraction of sp³-hybridized carbons (Fsp3) is 0.462. The van der Waals surface area contributed by atoms with E-state index in [9.17, 15) is 4.79 Å². The lowest BCUT2D eigenvalue weighted by Gasteiger charge is -2.34. The summed E-state index contributed by atoms with van der Waals surface area (Å²) >= 11 is 7.93. The van der Waals surface area contributed by atoms with Gasteiger partial charge in [0.1, 0.15) is 0 Å². The normalized spacial score (nSPS) is 20.4. The van der Waals surface area contributed by atoms with Gasteiger partial charge in [0.15, 0.2) is 6.29 Å². The number of aldehydes is 1. The molecule has 1 aliphatic rings. The highest BCUT2D eigenvalue weighted by molar-refractivity contribution is 8.00. The zero-order valence-corrected chi connectivity index (χ0v) is 11.4. The van der Waals surface area contributed by atoms with E-state index in [-0.39, 0.29) is 0 Å². The molecule has 0 amide bonds. The van der Waals surface area contributed by atoms with Crippen molar-refractivity contribution in [2.24, 2.45) is 0 Å². The Morgan fingerprint density at radius 2 is 2.41 bits per heavy atom. The highest BCUT2D eigenvalue weighted by Crippen LogP contribution is 2.29. The molecule has 0 saturated carbocycles. The van der Waals surface area contributed by atoms with Crippen molar-refractivity contribution in [1.82, 2.24) is 0 Å². The van der Waals surface area contributed by atoms with Crippen molar-refractivity contribution in [1.29, 1.82) is 0 Å². The first-order valence-corrected chi connectivity index (χ1v) is 7.28. The van der Waals surface area contributed by atoms with Crippen LogP contribution < -0.4 is 4.90 Å². The monoisotopic (exact) mass is 269 g/mol. The third-order valence-electron chi connectivity index (χ3n) is 3.05. The molecular weight excluding hydrogens is 254 g/mol. The number of nitrogens with zero attached hydrogens (tertiary/aromatic N) is 1. The second-order valence-corrected chi connectivity index (χ2v) is 6.01. The average molecular weight is 270 g/mol. The van der Waals surface area contributed by atoms with Gasteiger partial charge in [-0.25, -0.2) is 0 Å². The van der Waals surface area contributed by atoms with Crippen molar-refractivity contribution >= 4 is 35.3 Å². The van der Waals surface area contributed by atoms with E-state index in [2.05, 4.69) is 11.8 Å². The maximum atomic E-state index is 11.1. The van der Waals surface area contributed by atoms with E-state index in [4.69, 9.17) is 11.6 Å². The fourth-order valence-corrected chi connectivity index (χ4v) is 3.45. The minimum atomic E-state index is 0.620. The van der Waals surface area contributed by atoms with Crippen LogP contribution in [0.25, 0.3) is 0 Å². The molecule has 0 radical (unpaired) electrons. The van der Waals surface area contributed by atoms with Crippen molar-refractivity contribution in [2.45, 2.75) is 18.6 Å². The van der Waals surface area contributed by atoms with Crippen LogP contribution in [0.3, 0.4) is 0 Å².